The average Bonchev–Trinajstić information content (AvgIpc) is 2.97. The van der Waals surface area contributed by atoms with Gasteiger partial charge in [0, 0.05) is 5.25 Å². The summed E-state index contributed by atoms with van der Waals surface area (Å²) < 4.78 is 5.20. The first kappa shape index (κ1) is 12.6. The van der Waals surface area contributed by atoms with Gasteiger partial charge in [-0.25, -0.2) is 0 Å². The zero-order valence-electron chi connectivity index (χ0n) is 9.57. The standard InChI is InChI=1S/C12H20O2S/c1-3-5-6-7-9-14-12(13)11-10(15-11)8-4-2/h4,8,10-11H,3,5-7,9H2,1-2H3/b8-4+. The molecule has 0 aromatic heterocycles. The molecule has 0 aromatic rings. The summed E-state index contributed by atoms with van der Waals surface area (Å²) in [5.74, 6) is -0.0281. The van der Waals surface area contributed by atoms with Crippen LogP contribution in [0.3, 0.4) is 0 Å². The first-order valence-electron chi connectivity index (χ1n) is 5.74. The first-order valence-corrected chi connectivity index (χ1v) is 6.68. The Bertz CT molecular complexity index is 226. The van der Waals surface area contributed by atoms with Gasteiger partial charge in [-0.1, -0.05) is 38.3 Å². The molecule has 3 heteroatoms. The number of carbonyl (C=O) groups is 1. The van der Waals surface area contributed by atoms with Crippen LogP contribution in [0.25, 0.3) is 0 Å². The molecule has 1 heterocycles. The molecule has 0 radical (unpaired) electrons. The lowest BCUT2D eigenvalue weighted by Crippen LogP contribution is -2.13. The minimum atomic E-state index is -0.0281. The van der Waals surface area contributed by atoms with E-state index in [1.165, 1.54) is 19.3 Å². The lowest BCUT2D eigenvalue weighted by Gasteiger charge is -2.02. The predicted molar refractivity (Wildman–Crippen MR) is 65.1 cm³/mol. The number of hydrogen-bond acceptors (Lipinski definition) is 3. The van der Waals surface area contributed by atoms with E-state index < -0.39 is 0 Å². The van der Waals surface area contributed by atoms with Crippen LogP contribution >= 0.6 is 11.8 Å². The molecular formula is C12H20O2S. The van der Waals surface area contributed by atoms with E-state index in [0.29, 0.717) is 11.9 Å². The number of unbranched alkanes of at least 4 members (excludes halogenated alkanes) is 3. The Morgan fingerprint density at radius 2 is 2.20 bits per heavy atom. The highest BCUT2D eigenvalue weighted by Gasteiger charge is 2.43. The summed E-state index contributed by atoms with van der Waals surface area (Å²) in [5, 5.41) is 0.450. The van der Waals surface area contributed by atoms with Gasteiger partial charge in [-0.05, 0) is 13.3 Å². The highest BCUT2D eigenvalue weighted by atomic mass is 32.2. The number of carbonyl (C=O) groups excluding carboxylic acids is 1. The predicted octanol–water partition coefficient (Wildman–Crippen LogP) is 3.17. The molecule has 1 saturated heterocycles. The Kier molecular flexibility index (Phi) is 5.84. The highest BCUT2D eigenvalue weighted by molar-refractivity contribution is 8.08. The largest absolute Gasteiger partial charge is 0.465 e. The molecule has 2 unspecified atom stereocenters. The monoisotopic (exact) mass is 228 g/mol. The van der Waals surface area contributed by atoms with Crippen LogP contribution in [0, 0.1) is 0 Å². The van der Waals surface area contributed by atoms with Gasteiger partial charge in [0.25, 0.3) is 0 Å². The van der Waals surface area contributed by atoms with Crippen LogP contribution < -0.4 is 0 Å². The van der Waals surface area contributed by atoms with Crippen molar-refractivity contribution in [2.24, 2.45) is 0 Å². The summed E-state index contributed by atoms with van der Waals surface area (Å²) in [6.07, 6.45) is 8.68. The average molecular weight is 228 g/mol. The van der Waals surface area contributed by atoms with Crippen LogP contribution in [0.4, 0.5) is 0 Å². The van der Waals surface area contributed by atoms with Gasteiger partial charge in [-0.2, -0.15) is 0 Å². The number of thioether (sulfide) groups is 1. The van der Waals surface area contributed by atoms with Crippen molar-refractivity contribution in [3.05, 3.63) is 12.2 Å². The molecule has 1 aliphatic rings. The molecule has 1 rings (SSSR count). The third-order valence-electron chi connectivity index (χ3n) is 2.38. The fourth-order valence-electron chi connectivity index (χ4n) is 1.43. The van der Waals surface area contributed by atoms with Crippen molar-refractivity contribution in [2.75, 3.05) is 6.61 Å². The fraction of sp³-hybridized carbons (Fsp3) is 0.750. The van der Waals surface area contributed by atoms with Crippen molar-refractivity contribution in [2.45, 2.75) is 50.0 Å². The van der Waals surface area contributed by atoms with Gasteiger partial charge in [0.15, 0.2) is 0 Å². The van der Waals surface area contributed by atoms with E-state index >= 15 is 0 Å². The van der Waals surface area contributed by atoms with Crippen molar-refractivity contribution in [1.29, 1.82) is 0 Å². The van der Waals surface area contributed by atoms with Gasteiger partial charge in [0.05, 0.1) is 6.61 Å². The van der Waals surface area contributed by atoms with Crippen LogP contribution in [0.2, 0.25) is 0 Å². The molecule has 0 N–H and O–H groups in total. The lowest BCUT2D eigenvalue weighted by molar-refractivity contribution is -0.142. The van der Waals surface area contributed by atoms with E-state index in [1.54, 1.807) is 11.8 Å². The van der Waals surface area contributed by atoms with E-state index in [4.69, 9.17) is 4.74 Å². The summed E-state index contributed by atoms with van der Waals surface area (Å²) >= 11 is 1.68. The molecule has 86 valence electrons. The molecule has 2 nitrogen and oxygen atoms in total. The fourth-order valence-corrected chi connectivity index (χ4v) is 2.31. The Morgan fingerprint density at radius 1 is 1.40 bits per heavy atom. The van der Waals surface area contributed by atoms with E-state index in [9.17, 15) is 4.79 Å². The Morgan fingerprint density at radius 3 is 2.87 bits per heavy atom. The number of esters is 1. The topological polar surface area (TPSA) is 26.3 Å². The van der Waals surface area contributed by atoms with Gasteiger partial charge >= 0.3 is 5.97 Å². The second-order valence-electron chi connectivity index (χ2n) is 3.78. The third kappa shape index (κ3) is 4.74. The van der Waals surface area contributed by atoms with Crippen LogP contribution in [-0.2, 0) is 9.53 Å². The summed E-state index contributed by atoms with van der Waals surface area (Å²) in [6.45, 7) is 4.75. The third-order valence-corrected chi connectivity index (χ3v) is 3.59. The van der Waals surface area contributed by atoms with Gasteiger partial charge in [0.2, 0.25) is 0 Å². The van der Waals surface area contributed by atoms with Crippen molar-refractivity contribution in [3.8, 4) is 0 Å². The Hall–Kier alpha value is -0.440. The maximum absolute atomic E-state index is 11.4. The number of allylic oxidation sites excluding steroid dienone is 1. The minimum absolute atomic E-state index is 0.0281. The van der Waals surface area contributed by atoms with Gasteiger partial charge in [-0.3, -0.25) is 4.79 Å². The van der Waals surface area contributed by atoms with Crippen LogP contribution in [0.5, 0.6) is 0 Å². The number of hydrogen-bond donors (Lipinski definition) is 0. The zero-order valence-corrected chi connectivity index (χ0v) is 10.4. The zero-order chi connectivity index (χ0) is 11.1. The van der Waals surface area contributed by atoms with Gasteiger partial charge < -0.3 is 4.74 Å². The normalized spacial score (nSPS) is 24.4. The van der Waals surface area contributed by atoms with Crippen LogP contribution in [0.1, 0.15) is 39.5 Å². The van der Waals surface area contributed by atoms with Crippen molar-refractivity contribution < 1.29 is 9.53 Å². The van der Waals surface area contributed by atoms with E-state index in [0.717, 1.165) is 6.42 Å². The lowest BCUT2D eigenvalue weighted by atomic mass is 10.2. The van der Waals surface area contributed by atoms with E-state index in [2.05, 4.69) is 13.0 Å². The Labute approximate surface area is 96.5 Å². The quantitative estimate of drug-likeness (QED) is 0.290. The second-order valence-corrected chi connectivity index (χ2v) is 5.10. The molecule has 0 aliphatic carbocycles. The molecule has 0 spiro atoms. The van der Waals surface area contributed by atoms with Crippen molar-refractivity contribution >= 4 is 17.7 Å². The summed E-state index contributed by atoms with van der Waals surface area (Å²) in [7, 11) is 0. The minimum Gasteiger partial charge on any atom is -0.465 e. The molecule has 15 heavy (non-hydrogen) atoms. The molecule has 0 aromatic carbocycles. The molecule has 1 aliphatic heterocycles. The molecule has 0 saturated carbocycles. The summed E-state index contributed by atoms with van der Waals surface area (Å²) in [5.41, 5.74) is 0. The van der Waals surface area contributed by atoms with E-state index in [1.807, 2.05) is 13.0 Å². The summed E-state index contributed by atoms with van der Waals surface area (Å²) in [4.78, 5) is 11.4. The maximum atomic E-state index is 11.4. The first-order chi connectivity index (χ1) is 7.29. The molecular weight excluding hydrogens is 208 g/mol. The van der Waals surface area contributed by atoms with Gasteiger partial charge in [-0.15, -0.1) is 11.8 Å². The van der Waals surface area contributed by atoms with Crippen molar-refractivity contribution in [1.82, 2.24) is 0 Å². The van der Waals surface area contributed by atoms with Crippen LogP contribution in [-0.4, -0.2) is 23.1 Å². The number of ether oxygens (including phenoxy) is 1. The Balaban J connectivity index is 2.00. The molecule has 0 amide bonds. The maximum Gasteiger partial charge on any atom is 0.320 e. The number of rotatable bonds is 7. The van der Waals surface area contributed by atoms with E-state index in [-0.39, 0.29) is 11.2 Å². The second kappa shape index (κ2) is 6.94. The summed E-state index contributed by atoms with van der Waals surface area (Å²) in [6, 6.07) is 0. The van der Waals surface area contributed by atoms with Crippen LogP contribution in [0.15, 0.2) is 12.2 Å². The molecule has 0 bridgehead atoms. The SMILES string of the molecule is C/C=C/C1SC1C(=O)OCCCCCC. The molecule has 2 atom stereocenters. The molecule has 1 fully saturated rings. The van der Waals surface area contributed by atoms with Gasteiger partial charge in [0.1, 0.15) is 5.25 Å². The smallest absolute Gasteiger partial charge is 0.320 e. The highest BCUT2D eigenvalue weighted by Crippen LogP contribution is 2.43. The van der Waals surface area contributed by atoms with Crippen molar-refractivity contribution in [3.63, 3.8) is 0 Å².